The summed E-state index contributed by atoms with van der Waals surface area (Å²) >= 11 is 0. The molecule has 0 heterocycles. The molecule has 0 radical (unpaired) electrons. The molecule has 0 saturated heterocycles. The first kappa shape index (κ1) is 13.5. The van der Waals surface area contributed by atoms with Gasteiger partial charge in [-0.05, 0) is 12.8 Å². The molecule has 0 rings (SSSR count). The van der Waals surface area contributed by atoms with Crippen LogP contribution in [0.2, 0.25) is 0 Å². The number of rotatable bonds is 8. The lowest BCUT2D eigenvalue weighted by Crippen LogP contribution is -2.09. The molecule has 0 aromatic heterocycles. The average molecular weight is 200 g/mol. The lowest BCUT2D eigenvalue weighted by molar-refractivity contribution is -0.144. The normalized spacial score (nSPS) is 12.5. The highest BCUT2D eigenvalue weighted by Crippen LogP contribution is 2.14. The van der Waals surface area contributed by atoms with Crippen molar-refractivity contribution in [3.05, 3.63) is 0 Å². The van der Waals surface area contributed by atoms with Crippen molar-refractivity contribution in [2.75, 3.05) is 6.61 Å². The zero-order chi connectivity index (χ0) is 10.8. The third-order valence-electron chi connectivity index (χ3n) is 2.37. The first-order valence-corrected chi connectivity index (χ1v) is 5.86. The molecular weight excluding hydrogens is 176 g/mol. The van der Waals surface area contributed by atoms with Crippen LogP contribution in [0.4, 0.5) is 0 Å². The minimum atomic E-state index is -0.0458. The van der Waals surface area contributed by atoms with Crippen LogP contribution in [0.15, 0.2) is 0 Å². The number of ether oxygens (including phenoxy) is 1. The molecule has 14 heavy (non-hydrogen) atoms. The summed E-state index contributed by atoms with van der Waals surface area (Å²) in [5.41, 5.74) is 0. The molecule has 0 spiro atoms. The van der Waals surface area contributed by atoms with Crippen molar-refractivity contribution in [1.82, 2.24) is 0 Å². The van der Waals surface area contributed by atoms with Gasteiger partial charge in [0.1, 0.15) is 0 Å². The number of carbonyl (C=O) groups is 1. The Hall–Kier alpha value is -0.530. The molecule has 0 amide bonds. The molecule has 0 aromatic carbocycles. The Morgan fingerprint density at radius 1 is 1.21 bits per heavy atom. The number of esters is 1. The summed E-state index contributed by atoms with van der Waals surface area (Å²) in [7, 11) is 0. The zero-order valence-electron chi connectivity index (χ0n) is 9.84. The maximum atomic E-state index is 11.1. The van der Waals surface area contributed by atoms with Gasteiger partial charge in [0.05, 0.1) is 6.61 Å². The van der Waals surface area contributed by atoms with Gasteiger partial charge in [0, 0.05) is 6.42 Å². The molecule has 0 aromatic rings. The summed E-state index contributed by atoms with van der Waals surface area (Å²) in [6, 6.07) is 0. The van der Waals surface area contributed by atoms with Gasteiger partial charge in [-0.1, -0.05) is 46.0 Å². The van der Waals surface area contributed by atoms with Crippen LogP contribution in [0.1, 0.15) is 59.3 Å². The lowest BCUT2D eigenvalue weighted by Gasteiger charge is -2.09. The third kappa shape index (κ3) is 8.09. The molecule has 2 heteroatoms. The van der Waals surface area contributed by atoms with Crippen molar-refractivity contribution in [3.8, 4) is 0 Å². The van der Waals surface area contributed by atoms with Gasteiger partial charge < -0.3 is 4.74 Å². The van der Waals surface area contributed by atoms with E-state index in [1.165, 1.54) is 25.7 Å². The maximum absolute atomic E-state index is 11.1. The van der Waals surface area contributed by atoms with Gasteiger partial charge in [-0.15, -0.1) is 0 Å². The Balaban J connectivity index is 3.35. The van der Waals surface area contributed by atoms with E-state index in [9.17, 15) is 4.79 Å². The summed E-state index contributed by atoms with van der Waals surface area (Å²) in [5.74, 6) is 0.432. The minimum Gasteiger partial charge on any atom is -0.466 e. The number of hydrogen-bond donors (Lipinski definition) is 0. The van der Waals surface area contributed by atoms with Crippen LogP contribution in [0.25, 0.3) is 0 Å². The van der Waals surface area contributed by atoms with Crippen LogP contribution in [0.3, 0.4) is 0 Å². The van der Waals surface area contributed by atoms with Crippen LogP contribution < -0.4 is 0 Å². The number of carbonyl (C=O) groups excluding carboxylic acids is 1. The van der Waals surface area contributed by atoms with E-state index >= 15 is 0 Å². The monoisotopic (exact) mass is 200 g/mol. The van der Waals surface area contributed by atoms with Crippen molar-refractivity contribution in [2.24, 2.45) is 5.92 Å². The first-order valence-electron chi connectivity index (χ1n) is 5.86. The molecule has 1 unspecified atom stereocenters. The Labute approximate surface area is 88.0 Å². The summed E-state index contributed by atoms with van der Waals surface area (Å²) in [6.07, 6.45) is 6.86. The largest absolute Gasteiger partial charge is 0.466 e. The molecule has 1 atom stereocenters. The van der Waals surface area contributed by atoms with Gasteiger partial charge in [-0.3, -0.25) is 4.79 Å². The fourth-order valence-corrected chi connectivity index (χ4v) is 1.53. The minimum absolute atomic E-state index is 0.0458. The summed E-state index contributed by atoms with van der Waals surface area (Å²) in [4.78, 5) is 11.1. The zero-order valence-corrected chi connectivity index (χ0v) is 9.84. The Bertz CT molecular complexity index is 143. The van der Waals surface area contributed by atoms with E-state index in [0.29, 0.717) is 18.9 Å². The van der Waals surface area contributed by atoms with E-state index < -0.39 is 0 Å². The van der Waals surface area contributed by atoms with Gasteiger partial charge in [0.2, 0.25) is 0 Å². The van der Waals surface area contributed by atoms with E-state index in [2.05, 4.69) is 13.8 Å². The summed E-state index contributed by atoms with van der Waals surface area (Å²) in [6.45, 7) is 6.69. The van der Waals surface area contributed by atoms with Gasteiger partial charge >= 0.3 is 5.97 Å². The van der Waals surface area contributed by atoms with Crippen LogP contribution in [-0.4, -0.2) is 12.6 Å². The first-order chi connectivity index (χ1) is 6.70. The molecular formula is C12H24O2. The smallest absolute Gasteiger partial charge is 0.306 e. The third-order valence-corrected chi connectivity index (χ3v) is 2.37. The summed E-state index contributed by atoms with van der Waals surface area (Å²) in [5, 5.41) is 0. The molecule has 0 aliphatic heterocycles. The Morgan fingerprint density at radius 3 is 2.50 bits per heavy atom. The van der Waals surface area contributed by atoms with Crippen LogP contribution in [-0.2, 0) is 9.53 Å². The highest BCUT2D eigenvalue weighted by molar-refractivity contribution is 5.69. The SMILES string of the molecule is CCCCCCC(C)CC(=O)OCC. The Morgan fingerprint density at radius 2 is 1.93 bits per heavy atom. The highest BCUT2D eigenvalue weighted by atomic mass is 16.5. The molecule has 0 fully saturated rings. The average Bonchev–Trinajstić information content (AvgIpc) is 2.13. The molecule has 0 saturated carbocycles. The van der Waals surface area contributed by atoms with E-state index in [1.807, 2.05) is 6.92 Å². The van der Waals surface area contributed by atoms with Crippen molar-refractivity contribution >= 4 is 5.97 Å². The fourth-order valence-electron chi connectivity index (χ4n) is 1.53. The van der Waals surface area contributed by atoms with E-state index in [4.69, 9.17) is 4.74 Å². The highest BCUT2D eigenvalue weighted by Gasteiger charge is 2.08. The van der Waals surface area contributed by atoms with Crippen LogP contribution in [0, 0.1) is 5.92 Å². The number of unbranched alkanes of at least 4 members (excludes halogenated alkanes) is 3. The predicted molar refractivity (Wildman–Crippen MR) is 59.2 cm³/mol. The second-order valence-electron chi connectivity index (χ2n) is 3.96. The maximum Gasteiger partial charge on any atom is 0.306 e. The van der Waals surface area contributed by atoms with Gasteiger partial charge in [-0.2, -0.15) is 0 Å². The fraction of sp³-hybridized carbons (Fsp3) is 0.917. The number of hydrogen-bond acceptors (Lipinski definition) is 2. The predicted octanol–water partition coefficient (Wildman–Crippen LogP) is 3.55. The van der Waals surface area contributed by atoms with E-state index in [0.717, 1.165) is 6.42 Å². The quantitative estimate of drug-likeness (QED) is 0.442. The van der Waals surface area contributed by atoms with Crippen LogP contribution >= 0.6 is 0 Å². The molecule has 2 nitrogen and oxygen atoms in total. The Kier molecular flexibility index (Phi) is 8.70. The topological polar surface area (TPSA) is 26.3 Å². The second kappa shape index (κ2) is 9.04. The molecule has 0 aliphatic rings. The van der Waals surface area contributed by atoms with Gasteiger partial charge in [0.15, 0.2) is 0 Å². The van der Waals surface area contributed by atoms with Crippen molar-refractivity contribution in [1.29, 1.82) is 0 Å². The second-order valence-corrected chi connectivity index (χ2v) is 3.96. The van der Waals surface area contributed by atoms with Crippen LogP contribution in [0.5, 0.6) is 0 Å². The van der Waals surface area contributed by atoms with Crippen molar-refractivity contribution in [3.63, 3.8) is 0 Å². The van der Waals surface area contributed by atoms with Gasteiger partial charge in [0.25, 0.3) is 0 Å². The summed E-state index contributed by atoms with van der Waals surface area (Å²) < 4.78 is 4.90. The standard InChI is InChI=1S/C12H24O2/c1-4-6-7-8-9-11(3)10-12(13)14-5-2/h11H,4-10H2,1-3H3. The molecule has 0 bridgehead atoms. The van der Waals surface area contributed by atoms with E-state index in [-0.39, 0.29) is 5.97 Å². The van der Waals surface area contributed by atoms with E-state index in [1.54, 1.807) is 0 Å². The van der Waals surface area contributed by atoms with Gasteiger partial charge in [-0.25, -0.2) is 0 Å². The molecule has 84 valence electrons. The van der Waals surface area contributed by atoms with Crippen molar-refractivity contribution in [2.45, 2.75) is 59.3 Å². The molecule has 0 aliphatic carbocycles. The lowest BCUT2D eigenvalue weighted by atomic mass is 10.00. The molecule has 0 N–H and O–H groups in total. The van der Waals surface area contributed by atoms with Crippen molar-refractivity contribution < 1.29 is 9.53 Å².